The zero-order chi connectivity index (χ0) is 39.5. The van der Waals surface area contributed by atoms with Crippen molar-refractivity contribution in [2.45, 2.75) is 0 Å². The van der Waals surface area contributed by atoms with Gasteiger partial charge >= 0.3 is 7.60 Å². The van der Waals surface area contributed by atoms with Crippen LogP contribution in [0.2, 0.25) is 0 Å². The fourth-order valence-electron chi connectivity index (χ4n) is 6.51. The third kappa shape index (κ3) is 8.99. The average Bonchev–Trinajstić information content (AvgIpc) is 4.05. The molecule has 282 valence electrons. The highest BCUT2D eigenvalue weighted by Gasteiger charge is 2.14. The van der Waals surface area contributed by atoms with E-state index in [1.807, 2.05) is 97.1 Å². The highest BCUT2D eigenvalue weighted by atomic mass is 31.2. The second-order valence-electron chi connectivity index (χ2n) is 13.7. The maximum absolute atomic E-state index is 10.5. The van der Waals surface area contributed by atoms with Gasteiger partial charge in [0.1, 0.15) is 0 Å². The Morgan fingerprint density at radius 1 is 0.328 bits per heavy atom. The summed E-state index contributed by atoms with van der Waals surface area (Å²) in [4.78, 5) is 49.2. The number of hydrogen-bond acceptors (Lipinski definition) is 5. The number of aromatic amines is 4. The van der Waals surface area contributed by atoms with Crippen molar-refractivity contribution in [1.29, 1.82) is 0 Å². The predicted octanol–water partition coefficient (Wildman–Crippen LogP) is 9.80. The van der Waals surface area contributed by atoms with Crippen LogP contribution in [0.25, 0.3) is 92.7 Å². The van der Waals surface area contributed by atoms with Gasteiger partial charge in [-0.3, -0.25) is 4.57 Å². The Bertz CT molecular complexity index is 2660. The summed E-state index contributed by atoms with van der Waals surface area (Å²) < 4.78 is 10.5. The number of fused-ring (bicyclic) bond motifs is 16. The predicted molar refractivity (Wildman–Crippen MR) is 236 cm³/mol. The molecule has 10 heterocycles. The third-order valence-electron chi connectivity index (χ3n) is 9.18. The summed E-state index contributed by atoms with van der Waals surface area (Å²) in [6, 6.07) is 40.4. The van der Waals surface area contributed by atoms with Crippen LogP contribution in [0.4, 0.5) is 0 Å². The van der Waals surface area contributed by atoms with Crippen LogP contribution in [0.3, 0.4) is 0 Å². The molecule has 0 radical (unpaired) electrons. The number of H-pyrrole nitrogens is 4. The van der Waals surface area contributed by atoms with Crippen LogP contribution in [-0.4, -0.2) is 49.7 Å². The Morgan fingerprint density at radius 3 is 0.707 bits per heavy atom. The van der Waals surface area contributed by atoms with Crippen molar-refractivity contribution in [2.75, 3.05) is 0 Å². The summed E-state index contributed by atoms with van der Waals surface area (Å²) in [5.41, 5.74) is 15.7. The van der Waals surface area contributed by atoms with Crippen LogP contribution < -0.4 is 5.30 Å². The summed E-state index contributed by atoms with van der Waals surface area (Å²) in [5, 5.41) is 0.0648. The average molecular weight is 779 g/mol. The topological polar surface area (TPSA) is 172 Å². The number of nitrogens with one attached hydrogen (secondary N) is 4. The van der Waals surface area contributed by atoms with Crippen LogP contribution in [0.5, 0.6) is 0 Å². The van der Waals surface area contributed by atoms with Gasteiger partial charge < -0.3 is 29.7 Å². The standard InChI is InChI=1S/2C20H14N4.C6H7O3P/c2*1-2-14-10-16-5-6-18(23-16)12-20-8-7-19(24-20)11-17-4-3-15(22-17)9-13(1)21-14;7-10(8,9)6-4-2-1-3-5-6/h2*1-12,21,24H;1-5H,(H2,7,8,9). The largest absolute Gasteiger partial charge is 0.356 e. The SMILES string of the molecule is C1=Cc2cc3ccc(cc4nc(cc5ccc(cc1n2)[nH]5)C=C4)[nH]3.C1=Cc2cc3ccc(cc4nc(cc5ccc(cc1n2)[nH]5)C=C4)[nH]3.O=P(O)(O)c1ccccc1. The van der Waals surface area contributed by atoms with Crippen LogP contribution >= 0.6 is 7.60 Å². The molecule has 0 spiro atoms. The maximum atomic E-state index is 10.5. The maximum Gasteiger partial charge on any atom is 0.356 e. The first kappa shape index (κ1) is 36.2. The van der Waals surface area contributed by atoms with Crippen molar-refractivity contribution in [2.24, 2.45) is 0 Å². The van der Waals surface area contributed by atoms with E-state index in [2.05, 4.69) is 88.4 Å². The highest BCUT2D eigenvalue weighted by molar-refractivity contribution is 7.60. The summed E-state index contributed by atoms with van der Waals surface area (Å²) in [6.45, 7) is 0. The van der Waals surface area contributed by atoms with E-state index < -0.39 is 7.60 Å². The molecular weight excluding hydrogens is 744 g/mol. The lowest BCUT2D eigenvalue weighted by Gasteiger charge is -2.00. The molecule has 58 heavy (non-hydrogen) atoms. The van der Waals surface area contributed by atoms with Crippen molar-refractivity contribution in [3.63, 3.8) is 0 Å². The Morgan fingerprint density at radius 2 is 0.534 bits per heavy atom. The minimum atomic E-state index is -4.02. The number of rotatable bonds is 1. The lowest BCUT2D eigenvalue weighted by Crippen LogP contribution is -2.01. The third-order valence-corrected chi connectivity index (χ3v) is 10.1. The molecule has 0 atom stereocenters. The fourth-order valence-corrected chi connectivity index (χ4v) is 7.07. The van der Waals surface area contributed by atoms with E-state index in [1.165, 1.54) is 12.1 Å². The molecule has 7 aromatic rings. The number of hydrogen-bond donors (Lipinski definition) is 6. The van der Waals surface area contributed by atoms with Crippen LogP contribution in [-0.2, 0) is 4.57 Å². The lowest BCUT2D eigenvalue weighted by molar-refractivity contribution is 0.387. The first-order valence-corrected chi connectivity index (χ1v) is 20.0. The van der Waals surface area contributed by atoms with Gasteiger partial charge in [0, 0.05) is 44.1 Å². The van der Waals surface area contributed by atoms with E-state index in [9.17, 15) is 4.57 Å². The molecule has 11 rings (SSSR count). The van der Waals surface area contributed by atoms with Crippen molar-refractivity contribution >= 4 is 106 Å². The molecule has 0 saturated heterocycles. The van der Waals surface area contributed by atoms with Gasteiger partial charge in [-0.2, -0.15) is 0 Å². The first-order valence-electron chi connectivity index (χ1n) is 18.4. The summed E-state index contributed by atoms with van der Waals surface area (Å²) in [6.07, 6.45) is 16.2. The van der Waals surface area contributed by atoms with Crippen molar-refractivity contribution in [3.05, 3.63) is 173 Å². The van der Waals surface area contributed by atoms with E-state index >= 15 is 0 Å². The van der Waals surface area contributed by atoms with Gasteiger partial charge in [-0.1, -0.05) is 18.2 Å². The normalized spacial score (nSPS) is 12.4. The summed E-state index contributed by atoms with van der Waals surface area (Å²) >= 11 is 0. The molecule has 11 nitrogen and oxygen atoms in total. The van der Waals surface area contributed by atoms with Crippen LogP contribution in [0, 0.1) is 0 Å². The van der Waals surface area contributed by atoms with Crippen LogP contribution in [0.15, 0.2) is 127 Å². The molecule has 0 amide bonds. The van der Waals surface area contributed by atoms with E-state index in [-0.39, 0.29) is 5.30 Å². The molecule has 4 aliphatic rings. The van der Waals surface area contributed by atoms with Gasteiger partial charge in [0.05, 0.1) is 50.9 Å². The zero-order valence-electron chi connectivity index (χ0n) is 30.8. The van der Waals surface area contributed by atoms with E-state index in [0.29, 0.717) is 0 Å². The molecule has 0 fully saturated rings. The minimum Gasteiger partial charge on any atom is -0.355 e. The number of benzene rings is 1. The van der Waals surface area contributed by atoms with Gasteiger partial charge in [-0.15, -0.1) is 0 Å². The molecule has 16 bridgehead atoms. The van der Waals surface area contributed by atoms with Gasteiger partial charge in [0.2, 0.25) is 0 Å². The van der Waals surface area contributed by atoms with Gasteiger partial charge in [0.15, 0.2) is 0 Å². The number of aromatic nitrogens is 8. The molecule has 6 aromatic heterocycles. The Hall–Kier alpha value is -7.43. The Balaban J connectivity index is 0.000000122. The molecule has 0 aliphatic carbocycles. The smallest absolute Gasteiger partial charge is 0.355 e. The van der Waals surface area contributed by atoms with E-state index in [1.54, 1.807) is 18.2 Å². The van der Waals surface area contributed by atoms with Gasteiger partial charge in [-0.05, 0) is 158 Å². The van der Waals surface area contributed by atoms with Crippen LogP contribution in [0.1, 0.15) is 45.6 Å². The lowest BCUT2D eigenvalue weighted by atomic mass is 10.3. The molecule has 4 aliphatic heterocycles. The Kier molecular flexibility index (Phi) is 9.74. The molecule has 12 heteroatoms. The minimum absolute atomic E-state index is 0.0648. The van der Waals surface area contributed by atoms with Gasteiger partial charge in [-0.25, -0.2) is 19.9 Å². The molecule has 0 unspecified atom stereocenters. The van der Waals surface area contributed by atoms with Gasteiger partial charge in [0.25, 0.3) is 0 Å². The monoisotopic (exact) mass is 778 g/mol. The fraction of sp³-hybridized carbons (Fsp3) is 0. The van der Waals surface area contributed by atoms with E-state index in [0.717, 1.165) is 89.7 Å². The quantitative estimate of drug-likeness (QED) is 0.0900. The second kappa shape index (κ2) is 15.6. The van der Waals surface area contributed by atoms with E-state index in [4.69, 9.17) is 9.79 Å². The van der Waals surface area contributed by atoms with Crippen molar-refractivity contribution < 1.29 is 14.4 Å². The van der Waals surface area contributed by atoms with Crippen molar-refractivity contribution in [3.8, 4) is 0 Å². The molecule has 1 aromatic carbocycles. The summed E-state index contributed by atoms with van der Waals surface area (Å²) in [5.74, 6) is 0. The zero-order valence-corrected chi connectivity index (χ0v) is 31.7. The number of nitrogens with zero attached hydrogens (tertiary/aromatic N) is 4. The Labute approximate surface area is 331 Å². The summed E-state index contributed by atoms with van der Waals surface area (Å²) in [7, 11) is -4.02. The highest BCUT2D eigenvalue weighted by Crippen LogP contribution is 2.32. The van der Waals surface area contributed by atoms with Crippen molar-refractivity contribution in [1.82, 2.24) is 39.9 Å². The first-order chi connectivity index (χ1) is 28.2. The second-order valence-corrected chi connectivity index (χ2v) is 15.3. The molecule has 0 saturated carbocycles. The molecular formula is C46H35N8O3P. The molecule has 6 N–H and O–H groups in total.